The van der Waals surface area contributed by atoms with Gasteiger partial charge in [0.15, 0.2) is 4.96 Å². The second kappa shape index (κ2) is 6.03. The van der Waals surface area contributed by atoms with Gasteiger partial charge in [0.05, 0.1) is 16.9 Å². The molecule has 3 aromatic rings. The van der Waals surface area contributed by atoms with Crippen LogP contribution in [0.4, 0.5) is 0 Å². The monoisotopic (exact) mass is 307 g/mol. The van der Waals surface area contributed by atoms with E-state index in [1.807, 2.05) is 13.0 Å². The fourth-order valence-electron chi connectivity index (χ4n) is 2.02. The highest BCUT2D eigenvalue weighted by Gasteiger charge is 2.15. The van der Waals surface area contributed by atoms with E-state index in [1.165, 1.54) is 5.69 Å². The van der Waals surface area contributed by atoms with Gasteiger partial charge in [0.2, 0.25) is 0 Å². The summed E-state index contributed by atoms with van der Waals surface area (Å²) < 4.78 is 7.53. The molecule has 0 amide bonds. The van der Waals surface area contributed by atoms with Crippen LogP contribution in [0.1, 0.15) is 24.8 Å². The van der Waals surface area contributed by atoms with Gasteiger partial charge in [0.1, 0.15) is 10.8 Å². The molecular weight excluding hydrogens is 290 g/mol. The van der Waals surface area contributed by atoms with Crippen molar-refractivity contribution in [1.29, 1.82) is 0 Å². The standard InChI is InChI=1S/C14H17N3OS2/c1-3-5-15-9-11-13(16-14-17(11)6-8-19-14)20-12-4-7-18-10(12)2/h4,6-8,15H,3,5,9H2,1-2H3. The van der Waals surface area contributed by atoms with E-state index < -0.39 is 0 Å². The Morgan fingerprint density at radius 2 is 2.40 bits per heavy atom. The van der Waals surface area contributed by atoms with E-state index >= 15 is 0 Å². The zero-order valence-corrected chi connectivity index (χ0v) is 13.2. The van der Waals surface area contributed by atoms with Crippen LogP contribution in [0.3, 0.4) is 0 Å². The number of rotatable bonds is 6. The Labute approximate surface area is 126 Å². The fraction of sp³-hybridized carbons (Fsp3) is 0.357. The first-order valence-corrected chi connectivity index (χ1v) is 8.36. The van der Waals surface area contributed by atoms with Gasteiger partial charge in [0.25, 0.3) is 0 Å². The normalized spacial score (nSPS) is 11.5. The number of nitrogens with zero attached hydrogens (tertiary/aromatic N) is 2. The maximum atomic E-state index is 5.36. The quantitative estimate of drug-likeness (QED) is 0.700. The van der Waals surface area contributed by atoms with Crippen LogP contribution in [0.15, 0.2) is 38.2 Å². The van der Waals surface area contributed by atoms with E-state index in [0.29, 0.717) is 0 Å². The van der Waals surface area contributed by atoms with Crippen LogP contribution >= 0.6 is 23.1 Å². The molecule has 0 aliphatic heterocycles. The van der Waals surface area contributed by atoms with E-state index in [9.17, 15) is 0 Å². The average molecular weight is 307 g/mol. The summed E-state index contributed by atoms with van der Waals surface area (Å²) in [7, 11) is 0. The molecule has 0 aliphatic rings. The highest BCUT2D eigenvalue weighted by atomic mass is 32.2. The molecule has 106 valence electrons. The van der Waals surface area contributed by atoms with Gasteiger partial charge in [-0.1, -0.05) is 18.7 Å². The topological polar surface area (TPSA) is 42.5 Å². The molecule has 0 unspecified atom stereocenters. The molecular formula is C14H17N3OS2. The number of nitrogens with one attached hydrogen (secondary N) is 1. The third kappa shape index (κ3) is 2.63. The van der Waals surface area contributed by atoms with Crippen molar-refractivity contribution in [1.82, 2.24) is 14.7 Å². The lowest BCUT2D eigenvalue weighted by Crippen LogP contribution is -2.15. The molecule has 0 atom stereocenters. The molecule has 0 fully saturated rings. The summed E-state index contributed by atoms with van der Waals surface area (Å²) >= 11 is 3.34. The van der Waals surface area contributed by atoms with Gasteiger partial charge in [-0.3, -0.25) is 4.40 Å². The maximum Gasteiger partial charge on any atom is 0.194 e. The lowest BCUT2D eigenvalue weighted by Gasteiger charge is -2.05. The summed E-state index contributed by atoms with van der Waals surface area (Å²) in [5.41, 5.74) is 1.22. The van der Waals surface area contributed by atoms with E-state index in [-0.39, 0.29) is 0 Å². The number of aryl methyl sites for hydroxylation is 1. The van der Waals surface area contributed by atoms with Crippen LogP contribution in [0, 0.1) is 6.92 Å². The number of imidazole rings is 1. The predicted octanol–water partition coefficient (Wildman–Crippen LogP) is 3.95. The Morgan fingerprint density at radius 1 is 1.50 bits per heavy atom. The van der Waals surface area contributed by atoms with Crippen LogP contribution in [0.5, 0.6) is 0 Å². The van der Waals surface area contributed by atoms with Crippen molar-refractivity contribution in [3.05, 3.63) is 35.4 Å². The van der Waals surface area contributed by atoms with Gasteiger partial charge < -0.3 is 9.73 Å². The average Bonchev–Trinajstić information content (AvgIpc) is 3.10. The third-order valence-electron chi connectivity index (χ3n) is 3.06. The van der Waals surface area contributed by atoms with Gasteiger partial charge in [-0.25, -0.2) is 4.98 Å². The summed E-state index contributed by atoms with van der Waals surface area (Å²) in [6.07, 6.45) is 4.95. The minimum absolute atomic E-state index is 0.838. The van der Waals surface area contributed by atoms with E-state index in [1.54, 1.807) is 29.4 Å². The largest absolute Gasteiger partial charge is 0.468 e. The Bertz CT molecular complexity index is 698. The van der Waals surface area contributed by atoms with Gasteiger partial charge in [0, 0.05) is 18.1 Å². The minimum atomic E-state index is 0.838. The first-order valence-electron chi connectivity index (χ1n) is 6.66. The van der Waals surface area contributed by atoms with Crippen molar-refractivity contribution in [2.75, 3.05) is 6.54 Å². The Hall–Kier alpha value is -1.24. The molecule has 0 bridgehead atoms. The molecule has 0 aliphatic carbocycles. The van der Waals surface area contributed by atoms with Crippen LogP contribution in [0.2, 0.25) is 0 Å². The Morgan fingerprint density at radius 3 is 3.15 bits per heavy atom. The first-order chi connectivity index (χ1) is 9.79. The summed E-state index contributed by atoms with van der Waals surface area (Å²) in [6.45, 7) is 6.01. The highest BCUT2D eigenvalue weighted by Crippen LogP contribution is 2.34. The second-order valence-corrected chi connectivity index (χ2v) is 6.44. The Balaban J connectivity index is 1.90. The molecule has 4 nitrogen and oxygen atoms in total. The van der Waals surface area contributed by atoms with Gasteiger partial charge in [-0.05, 0) is 26.0 Å². The molecule has 0 spiro atoms. The van der Waals surface area contributed by atoms with Crippen molar-refractivity contribution >= 4 is 28.1 Å². The lowest BCUT2D eigenvalue weighted by molar-refractivity contribution is 0.527. The molecule has 1 N–H and O–H groups in total. The molecule has 0 saturated heterocycles. The molecule has 20 heavy (non-hydrogen) atoms. The van der Waals surface area contributed by atoms with Crippen molar-refractivity contribution in [2.24, 2.45) is 0 Å². The number of thiazole rings is 1. The number of hydrogen-bond donors (Lipinski definition) is 1. The van der Waals surface area contributed by atoms with Crippen molar-refractivity contribution in [3.63, 3.8) is 0 Å². The van der Waals surface area contributed by atoms with E-state index in [4.69, 9.17) is 9.40 Å². The van der Waals surface area contributed by atoms with Crippen molar-refractivity contribution < 1.29 is 4.42 Å². The first kappa shape index (κ1) is 13.7. The van der Waals surface area contributed by atoms with Crippen molar-refractivity contribution in [2.45, 2.75) is 36.7 Å². The van der Waals surface area contributed by atoms with Gasteiger partial charge >= 0.3 is 0 Å². The smallest absolute Gasteiger partial charge is 0.194 e. The van der Waals surface area contributed by atoms with Crippen LogP contribution < -0.4 is 5.32 Å². The van der Waals surface area contributed by atoms with Crippen LogP contribution in [-0.2, 0) is 6.54 Å². The highest BCUT2D eigenvalue weighted by molar-refractivity contribution is 7.99. The molecule has 0 aromatic carbocycles. The summed E-state index contributed by atoms with van der Waals surface area (Å²) in [5.74, 6) is 0.943. The molecule has 0 radical (unpaired) electrons. The van der Waals surface area contributed by atoms with Crippen molar-refractivity contribution in [3.8, 4) is 0 Å². The fourth-order valence-corrected chi connectivity index (χ4v) is 3.76. The lowest BCUT2D eigenvalue weighted by atomic mass is 10.4. The van der Waals surface area contributed by atoms with E-state index in [2.05, 4.69) is 28.2 Å². The summed E-state index contributed by atoms with van der Waals surface area (Å²) in [4.78, 5) is 6.91. The minimum Gasteiger partial charge on any atom is -0.468 e. The second-order valence-electron chi connectivity index (χ2n) is 4.54. The zero-order valence-electron chi connectivity index (χ0n) is 11.5. The van der Waals surface area contributed by atoms with Gasteiger partial charge in [-0.2, -0.15) is 0 Å². The third-order valence-corrected chi connectivity index (χ3v) is 4.98. The van der Waals surface area contributed by atoms with E-state index in [0.717, 1.165) is 40.2 Å². The number of aromatic nitrogens is 2. The zero-order chi connectivity index (χ0) is 13.9. The molecule has 0 saturated carbocycles. The Kier molecular flexibility index (Phi) is 4.14. The van der Waals surface area contributed by atoms with Crippen LogP contribution in [-0.4, -0.2) is 15.9 Å². The number of furan rings is 1. The molecule has 3 rings (SSSR count). The predicted molar refractivity (Wildman–Crippen MR) is 82.6 cm³/mol. The summed E-state index contributed by atoms with van der Waals surface area (Å²) in [5, 5.41) is 6.59. The number of hydrogen-bond acceptors (Lipinski definition) is 5. The molecule has 3 aromatic heterocycles. The SMILES string of the molecule is CCCNCc1c(Sc2ccoc2C)nc2sccn12. The maximum absolute atomic E-state index is 5.36. The van der Waals surface area contributed by atoms with Crippen LogP contribution in [0.25, 0.3) is 4.96 Å². The molecule has 3 heterocycles. The van der Waals surface area contributed by atoms with Gasteiger partial charge in [-0.15, -0.1) is 11.3 Å². The number of fused-ring (bicyclic) bond motifs is 1. The summed E-state index contributed by atoms with van der Waals surface area (Å²) in [6, 6.07) is 2.00. The molecule has 6 heteroatoms.